The summed E-state index contributed by atoms with van der Waals surface area (Å²) in [5, 5.41) is 6.69. The van der Waals surface area contributed by atoms with Crippen molar-refractivity contribution in [1.82, 2.24) is 19.9 Å². The summed E-state index contributed by atoms with van der Waals surface area (Å²) in [6.45, 7) is 6.19. The molecular formula is C13H20N6OS. The lowest BCUT2D eigenvalue weighted by atomic mass is 10.2. The Hall–Kier alpha value is -2.09. The number of hydrogen-bond acceptors (Lipinski definition) is 6. The summed E-state index contributed by atoms with van der Waals surface area (Å²) in [4.78, 5) is 20.6. The summed E-state index contributed by atoms with van der Waals surface area (Å²) in [7, 11) is 0. The predicted octanol–water partition coefficient (Wildman–Crippen LogP) is 1.42. The number of hydrogen-bond donors (Lipinski definition) is 3. The van der Waals surface area contributed by atoms with Crippen molar-refractivity contribution in [3.05, 3.63) is 23.6 Å². The minimum Gasteiger partial charge on any atom is -0.382 e. The number of imidazole rings is 1. The molecule has 0 aliphatic rings. The smallest absolute Gasteiger partial charge is 0.265 e. The van der Waals surface area contributed by atoms with Gasteiger partial charge in [-0.1, -0.05) is 25.2 Å². The zero-order valence-electron chi connectivity index (χ0n) is 12.2. The Morgan fingerprint density at radius 3 is 3.00 bits per heavy atom. The van der Waals surface area contributed by atoms with E-state index in [1.165, 1.54) is 11.3 Å². The zero-order chi connectivity index (χ0) is 15.2. The predicted molar refractivity (Wildman–Crippen MR) is 84.4 cm³/mol. The Morgan fingerprint density at radius 1 is 1.52 bits per heavy atom. The SMILES string of the molecule is CC(C)CNc1nc(N)c(C(=O)NCCn2ccnc2)s1. The second kappa shape index (κ2) is 7.07. The van der Waals surface area contributed by atoms with Crippen LogP contribution in [0.2, 0.25) is 0 Å². The van der Waals surface area contributed by atoms with E-state index in [1.807, 2.05) is 10.8 Å². The highest BCUT2D eigenvalue weighted by Crippen LogP contribution is 2.24. The number of nitrogens with zero attached hydrogens (tertiary/aromatic N) is 3. The van der Waals surface area contributed by atoms with Crippen molar-refractivity contribution in [2.24, 2.45) is 5.92 Å². The van der Waals surface area contributed by atoms with Gasteiger partial charge >= 0.3 is 0 Å². The molecular weight excluding hydrogens is 288 g/mol. The van der Waals surface area contributed by atoms with Crippen LogP contribution in [0.25, 0.3) is 0 Å². The number of rotatable bonds is 7. The second-order valence-corrected chi connectivity index (χ2v) is 6.06. The summed E-state index contributed by atoms with van der Waals surface area (Å²) < 4.78 is 1.89. The third kappa shape index (κ3) is 4.45. The normalized spacial score (nSPS) is 10.8. The van der Waals surface area contributed by atoms with Crippen LogP contribution in [0.15, 0.2) is 18.7 Å². The maximum atomic E-state index is 12.1. The summed E-state index contributed by atoms with van der Waals surface area (Å²) in [6.07, 6.45) is 5.26. The molecule has 2 heterocycles. The van der Waals surface area contributed by atoms with Crippen LogP contribution in [0.3, 0.4) is 0 Å². The molecule has 0 aliphatic heterocycles. The number of nitrogens with two attached hydrogens (primary N) is 1. The largest absolute Gasteiger partial charge is 0.382 e. The molecule has 0 bridgehead atoms. The number of carbonyl (C=O) groups is 1. The van der Waals surface area contributed by atoms with Gasteiger partial charge in [-0.05, 0) is 5.92 Å². The molecule has 21 heavy (non-hydrogen) atoms. The minimum atomic E-state index is -0.192. The van der Waals surface area contributed by atoms with E-state index in [1.54, 1.807) is 12.5 Å². The van der Waals surface area contributed by atoms with Gasteiger partial charge in [-0.2, -0.15) is 0 Å². The standard InChI is InChI=1S/C13H20N6OS/c1-9(2)7-17-13-18-11(14)10(21-13)12(20)16-4-6-19-5-3-15-8-19/h3,5,8-9H,4,6-7,14H2,1-2H3,(H,16,20)(H,17,18). The summed E-state index contributed by atoms with van der Waals surface area (Å²) in [5.74, 6) is 0.580. The number of aromatic nitrogens is 3. The third-order valence-electron chi connectivity index (χ3n) is 2.74. The Balaban J connectivity index is 1.86. The summed E-state index contributed by atoms with van der Waals surface area (Å²) in [5.41, 5.74) is 5.80. The van der Waals surface area contributed by atoms with Gasteiger partial charge in [0.1, 0.15) is 10.7 Å². The van der Waals surface area contributed by atoms with Gasteiger partial charge in [0.25, 0.3) is 5.91 Å². The Labute approximate surface area is 127 Å². The highest BCUT2D eigenvalue weighted by Gasteiger charge is 2.15. The first-order valence-electron chi connectivity index (χ1n) is 6.80. The Bertz CT molecular complexity index is 578. The van der Waals surface area contributed by atoms with E-state index in [0.717, 1.165) is 6.54 Å². The van der Waals surface area contributed by atoms with E-state index < -0.39 is 0 Å². The Morgan fingerprint density at radius 2 is 2.33 bits per heavy atom. The number of amides is 1. The highest BCUT2D eigenvalue weighted by atomic mass is 32.1. The molecule has 0 atom stereocenters. The van der Waals surface area contributed by atoms with Gasteiger partial charge in [0.15, 0.2) is 5.13 Å². The van der Waals surface area contributed by atoms with Gasteiger partial charge in [-0.3, -0.25) is 4.79 Å². The van der Waals surface area contributed by atoms with Crippen LogP contribution in [0.1, 0.15) is 23.5 Å². The van der Waals surface area contributed by atoms with Gasteiger partial charge in [0.05, 0.1) is 6.33 Å². The molecule has 2 aromatic rings. The van der Waals surface area contributed by atoms with Crippen molar-refractivity contribution in [2.45, 2.75) is 20.4 Å². The first kappa shape index (κ1) is 15.3. The first-order valence-corrected chi connectivity index (χ1v) is 7.62. The third-order valence-corrected chi connectivity index (χ3v) is 3.76. The molecule has 0 saturated carbocycles. The molecule has 0 unspecified atom stereocenters. The van der Waals surface area contributed by atoms with Crippen molar-refractivity contribution < 1.29 is 4.79 Å². The quantitative estimate of drug-likeness (QED) is 0.718. The Kier molecular flexibility index (Phi) is 5.15. The fourth-order valence-corrected chi connectivity index (χ4v) is 2.47. The fraction of sp³-hybridized carbons (Fsp3) is 0.462. The first-order chi connectivity index (χ1) is 10.1. The van der Waals surface area contributed by atoms with E-state index in [-0.39, 0.29) is 11.7 Å². The average Bonchev–Trinajstić information content (AvgIpc) is 3.06. The van der Waals surface area contributed by atoms with Gasteiger partial charge in [0, 0.05) is 32.0 Å². The summed E-state index contributed by atoms with van der Waals surface area (Å²) >= 11 is 1.28. The maximum Gasteiger partial charge on any atom is 0.265 e. The van der Waals surface area contributed by atoms with Crippen LogP contribution in [-0.4, -0.2) is 33.5 Å². The van der Waals surface area contributed by atoms with Crippen LogP contribution < -0.4 is 16.4 Å². The number of anilines is 2. The van der Waals surface area contributed by atoms with Crippen LogP contribution in [0.4, 0.5) is 10.9 Å². The molecule has 4 N–H and O–H groups in total. The average molecular weight is 308 g/mol. The van der Waals surface area contributed by atoms with E-state index >= 15 is 0 Å². The molecule has 1 amide bonds. The van der Waals surface area contributed by atoms with Gasteiger partial charge < -0.3 is 20.9 Å². The molecule has 7 nitrogen and oxygen atoms in total. The van der Waals surface area contributed by atoms with Crippen molar-refractivity contribution in [3.8, 4) is 0 Å². The lowest BCUT2D eigenvalue weighted by molar-refractivity contribution is 0.0957. The number of carbonyl (C=O) groups excluding carboxylic acids is 1. The lowest BCUT2D eigenvalue weighted by Gasteiger charge is -2.05. The highest BCUT2D eigenvalue weighted by molar-refractivity contribution is 7.18. The zero-order valence-corrected chi connectivity index (χ0v) is 13.0. The molecule has 0 radical (unpaired) electrons. The number of nitrogens with one attached hydrogen (secondary N) is 2. The monoisotopic (exact) mass is 308 g/mol. The minimum absolute atomic E-state index is 0.192. The molecule has 0 aromatic carbocycles. The van der Waals surface area contributed by atoms with Gasteiger partial charge in [-0.15, -0.1) is 0 Å². The lowest BCUT2D eigenvalue weighted by Crippen LogP contribution is -2.26. The molecule has 0 spiro atoms. The molecule has 0 aliphatic carbocycles. The molecule has 2 aromatic heterocycles. The van der Waals surface area contributed by atoms with Crippen molar-refractivity contribution in [3.63, 3.8) is 0 Å². The topological polar surface area (TPSA) is 97.9 Å². The fourth-order valence-electron chi connectivity index (χ4n) is 1.66. The number of thiazole rings is 1. The van der Waals surface area contributed by atoms with Crippen LogP contribution >= 0.6 is 11.3 Å². The van der Waals surface area contributed by atoms with Crippen LogP contribution in [0.5, 0.6) is 0 Å². The van der Waals surface area contributed by atoms with Crippen molar-refractivity contribution in [2.75, 3.05) is 24.1 Å². The van der Waals surface area contributed by atoms with Crippen LogP contribution in [-0.2, 0) is 6.54 Å². The molecule has 8 heteroatoms. The summed E-state index contributed by atoms with van der Waals surface area (Å²) in [6, 6.07) is 0. The van der Waals surface area contributed by atoms with Crippen molar-refractivity contribution in [1.29, 1.82) is 0 Å². The van der Waals surface area contributed by atoms with Crippen molar-refractivity contribution >= 4 is 28.2 Å². The van der Waals surface area contributed by atoms with E-state index in [0.29, 0.717) is 29.0 Å². The van der Waals surface area contributed by atoms with E-state index in [9.17, 15) is 4.79 Å². The molecule has 0 saturated heterocycles. The second-order valence-electron chi connectivity index (χ2n) is 5.06. The van der Waals surface area contributed by atoms with E-state index in [4.69, 9.17) is 5.73 Å². The molecule has 0 fully saturated rings. The van der Waals surface area contributed by atoms with E-state index in [2.05, 4.69) is 34.4 Å². The number of nitrogen functional groups attached to an aromatic ring is 1. The van der Waals surface area contributed by atoms with Gasteiger partial charge in [-0.25, -0.2) is 9.97 Å². The van der Waals surface area contributed by atoms with Gasteiger partial charge in [0.2, 0.25) is 0 Å². The molecule has 2 rings (SSSR count). The van der Waals surface area contributed by atoms with Crippen LogP contribution in [0, 0.1) is 5.92 Å². The molecule has 114 valence electrons. The maximum absolute atomic E-state index is 12.1.